The SMILES string of the molecule is Cc1c(C(=O)N2CCCCC2C2OCCO2)oc2c1C(=O)CC(C)(C)C2. The molecule has 142 valence electrons. The van der Waals surface area contributed by atoms with Crippen LogP contribution in [0.3, 0.4) is 0 Å². The lowest BCUT2D eigenvalue weighted by atomic mass is 9.76. The second kappa shape index (κ2) is 6.50. The van der Waals surface area contributed by atoms with Gasteiger partial charge < -0.3 is 18.8 Å². The van der Waals surface area contributed by atoms with Crippen LogP contribution < -0.4 is 0 Å². The molecule has 2 fully saturated rings. The summed E-state index contributed by atoms with van der Waals surface area (Å²) in [5.74, 6) is 0.903. The molecule has 0 spiro atoms. The summed E-state index contributed by atoms with van der Waals surface area (Å²) in [5, 5.41) is 0. The summed E-state index contributed by atoms with van der Waals surface area (Å²) < 4.78 is 17.3. The lowest BCUT2D eigenvalue weighted by Crippen LogP contribution is -2.50. The van der Waals surface area contributed by atoms with Crippen molar-refractivity contribution in [3.63, 3.8) is 0 Å². The molecule has 1 atom stereocenters. The van der Waals surface area contributed by atoms with Crippen molar-refractivity contribution in [1.29, 1.82) is 0 Å². The highest BCUT2D eigenvalue weighted by atomic mass is 16.7. The maximum Gasteiger partial charge on any atom is 0.290 e. The summed E-state index contributed by atoms with van der Waals surface area (Å²) in [6.07, 6.45) is 3.69. The predicted molar refractivity (Wildman–Crippen MR) is 94.2 cm³/mol. The van der Waals surface area contributed by atoms with Crippen LogP contribution in [0.2, 0.25) is 0 Å². The van der Waals surface area contributed by atoms with E-state index in [1.165, 1.54) is 0 Å². The van der Waals surface area contributed by atoms with E-state index in [1.807, 2.05) is 11.8 Å². The van der Waals surface area contributed by atoms with E-state index in [2.05, 4.69) is 13.8 Å². The Bertz CT molecular complexity index is 729. The third kappa shape index (κ3) is 2.99. The first-order valence-electron chi connectivity index (χ1n) is 9.57. The van der Waals surface area contributed by atoms with Gasteiger partial charge in [0.25, 0.3) is 5.91 Å². The Hall–Kier alpha value is -1.66. The molecular formula is C20H27NO5. The summed E-state index contributed by atoms with van der Waals surface area (Å²) in [7, 11) is 0. The average molecular weight is 361 g/mol. The van der Waals surface area contributed by atoms with Gasteiger partial charge in [0, 0.05) is 24.9 Å². The zero-order valence-corrected chi connectivity index (χ0v) is 15.8. The van der Waals surface area contributed by atoms with Gasteiger partial charge in [-0.2, -0.15) is 0 Å². The number of nitrogens with zero attached hydrogens (tertiary/aromatic N) is 1. The zero-order valence-electron chi connectivity index (χ0n) is 15.8. The third-order valence-electron chi connectivity index (χ3n) is 5.74. The molecule has 6 nitrogen and oxygen atoms in total. The van der Waals surface area contributed by atoms with Gasteiger partial charge in [-0.05, 0) is 31.6 Å². The number of ketones is 1. The molecular weight excluding hydrogens is 334 g/mol. The summed E-state index contributed by atoms with van der Waals surface area (Å²) >= 11 is 0. The molecule has 1 aromatic heterocycles. The minimum absolute atomic E-state index is 0.0780. The molecule has 0 bridgehead atoms. The van der Waals surface area contributed by atoms with Crippen molar-refractivity contribution in [3.8, 4) is 0 Å². The molecule has 0 saturated carbocycles. The topological polar surface area (TPSA) is 69.0 Å². The number of amides is 1. The van der Waals surface area contributed by atoms with Crippen molar-refractivity contribution < 1.29 is 23.5 Å². The van der Waals surface area contributed by atoms with Gasteiger partial charge in [-0.15, -0.1) is 0 Å². The van der Waals surface area contributed by atoms with Gasteiger partial charge in [-0.3, -0.25) is 9.59 Å². The first-order chi connectivity index (χ1) is 12.4. The molecule has 1 unspecified atom stereocenters. The summed E-state index contributed by atoms with van der Waals surface area (Å²) in [6, 6.07) is -0.0904. The Morgan fingerprint density at radius 3 is 2.62 bits per heavy atom. The first kappa shape index (κ1) is 17.7. The van der Waals surface area contributed by atoms with Crippen molar-refractivity contribution in [2.24, 2.45) is 5.41 Å². The highest BCUT2D eigenvalue weighted by Gasteiger charge is 2.41. The van der Waals surface area contributed by atoms with E-state index in [0.717, 1.165) is 19.3 Å². The maximum absolute atomic E-state index is 13.3. The number of hydrogen-bond acceptors (Lipinski definition) is 5. The molecule has 3 heterocycles. The average Bonchev–Trinajstić information content (AvgIpc) is 3.21. The van der Waals surface area contributed by atoms with E-state index in [9.17, 15) is 9.59 Å². The van der Waals surface area contributed by atoms with Gasteiger partial charge in [0.1, 0.15) is 5.76 Å². The van der Waals surface area contributed by atoms with Crippen molar-refractivity contribution in [2.75, 3.05) is 19.8 Å². The second-order valence-corrected chi connectivity index (χ2v) is 8.47. The van der Waals surface area contributed by atoms with Crippen molar-refractivity contribution in [1.82, 2.24) is 4.90 Å². The summed E-state index contributed by atoms with van der Waals surface area (Å²) in [4.78, 5) is 27.7. The van der Waals surface area contributed by atoms with Crippen LogP contribution in [-0.4, -0.2) is 48.7 Å². The second-order valence-electron chi connectivity index (χ2n) is 8.47. The molecule has 4 rings (SSSR count). The molecule has 0 N–H and O–H groups in total. The van der Waals surface area contributed by atoms with Crippen LogP contribution in [0.15, 0.2) is 4.42 Å². The Morgan fingerprint density at radius 2 is 1.88 bits per heavy atom. The van der Waals surface area contributed by atoms with E-state index in [4.69, 9.17) is 13.9 Å². The fourth-order valence-corrected chi connectivity index (χ4v) is 4.51. The van der Waals surface area contributed by atoms with Gasteiger partial charge in [-0.1, -0.05) is 13.8 Å². The van der Waals surface area contributed by atoms with E-state index < -0.39 is 0 Å². The molecule has 2 aliphatic heterocycles. The van der Waals surface area contributed by atoms with E-state index >= 15 is 0 Å². The normalized spacial score (nSPS) is 26.2. The van der Waals surface area contributed by atoms with Gasteiger partial charge in [-0.25, -0.2) is 0 Å². The van der Waals surface area contributed by atoms with E-state index in [0.29, 0.717) is 55.2 Å². The number of fused-ring (bicyclic) bond motifs is 1. The number of ether oxygens (including phenoxy) is 2. The van der Waals surface area contributed by atoms with Crippen molar-refractivity contribution in [3.05, 3.63) is 22.6 Å². The highest BCUT2D eigenvalue weighted by Crippen LogP contribution is 2.39. The van der Waals surface area contributed by atoms with Gasteiger partial charge >= 0.3 is 0 Å². The third-order valence-corrected chi connectivity index (χ3v) is 5.74. The van der Waals surface area contributed by atoms with Crippen LogP contribution in [0.25, 0.3) is 0 Å². The van der Waals surface area contributed by atoms with Gasteiger partial charge in [0.2, 0.25) is 0 Å². The Morgan fingerprint density at radius 1 is 1.15 bits per heavy atom. The molecule has 2 saturated heterocycles. The monoisotopic (exact) mass is 361 g/mol. The minimum atomic E-state index is -0.357. The highest BCUT2D eigenvalue weighted by molar-refractivity contribution is 6.03. The summed E-state index contributed by atoms with van der Waals surface area (Å²) in [6.45, 7) is 7.75. The number of furan rings is 1. The zero-order chi connectivity index (χ0) is 18.5. The fraction of sp³-hybridized carbons (Fsp3) is 0.700. The molecule has 1 aliphatic carbocycles. The standard InChI is InChI=1S/C20H27NO5/c1-12-16-14(22)10-20(2,3)11-15(16)26-17(12)18(23)21-7-5-4-6-13(21)19-24-8-9-25-19/h13,19H,4-11H2,1-3H3. The largest absolute Gasteiger partial charge is 0.455 e. The quantitative estimate of drug-likeness (QED) is 0.809. The fourth-order valence-electron chi connectivity index (χ4n) is 4.51. The van der Waals surface area contributed by atoms with Crippen LogP contribution in [0.4, 0.5) is 0 Å². The van der Waals surface area contributed by atoms with Gasteiger partial charge in [0.15, 0.2) is 17.8 Å². The Labute approximate surface area is 153 Å². The predicted octanol–water partition coefficient (Wildman–Crippen LogP) is 3.11. The molecule has 1 aromatic rings. The van der Waals surface area contributed by atoms with Gasteiger partial charge in [0.05, 0.1) is 24.8 Å². The number of carbonyl (C=O) groups excluding carboxylic acids is 2. The Kier molecular flexibility index (Phi) is 4.43. The van der Waals surface area contributed by atoms with Crippen molar-refractivity contribution in [2.45, 2.75) is 65.2 Å². The number of carbonyl (C=O) groups is 2. The first-order valence-corrected chi connectivity index (χ1v) is 9.57. The molecule has 3 aliphatic rings. The van der Waals surface area contributed by atoms with E-state index in [1.54, 1.807) is 0 Å². The number of hydrogen-bond donors (Lipinski definition) is 0. The smallest absolute Gasteiger partial charge is 0.290 e. The number of rotatable bonds is 2. The molecule has 0 radical (unpaired) electrons. The Balaban J connectivity index is 1.65. The minimum Gasteiger partial charge on any atom is -0.455 e. The number of Topliss-reactive ketones (excluding diaryl/α,β-unsaturated/α-hetero) is 1. The molecule has 1 amide bonds. The maximum atomic E-state index is 13.3. The van der Waals surface area contributed by atoms with Crippen LogP contribution in [0.1, 0.15) is 71.8 Å². The molecule has 0 aromatic carbocycles. The van der Waals surface area contributed by atoms with Crippen LogP contribution >= 0.6 is 0 Å². The number of likely N-dealkylation sites (tertiary alicyclic amines) is 1. The number of piperidine rings is 1. The van der Waals surface area contributed by atoms with Crippen LogP contribution in [0.5, 0.6) is 0 Å². The van der Waals surface area contributed by atoms with Crippen LogP contribution in [0, 0.1) is 12.3 Å². The lowest BCUT2D eigenvalue weighted by molar-refractivity contribution is -0.101. The molecule has 6 heteroatoms. The van der Waals surface area contributed by atoms with Crippen LogP contribution in [-0.2, 0) is 15.9 Å². The lowest BCUT2D eigenvalue weighted by Gasteiger charge is -2.37. The van der Waals surface area contributed by atoms with Crippen molar-refractivity contribution >= 4 is 11.7 Å². The molecule has 26 heavy (non-hydrogen) atoms. The van der Waals surface area contributed by atoms with E-state index in [-0.39, 0.29) is 29.4 Å². The summed E-state index contributed by atoms with van der Waals surface area (Å²) in [5.41, 5.74) is 1.17.